The second kappa shape index (κ2) is 5.29. The van der Waals surface area contributed by atoms with Crippen molar-refractivity contribution in [2.45, 2.75) is 32.7 Å². The van der Waals surface area contributed by atoms with Gasteiger partial charge in [-0.05, 0) is 20.3 Å². The third kappa shape index (κ3) is 2.65. The predicted molar refractivity (Wildman–Crippen MR) is 68.8 cm³/mol. The first-order chi connectivity index (χ1) is 7.97. The normalized spacial score (nSPS) is 11.4. The highest BCUT2D eigenvalue weighted by Crippen LogP contribution is 2.27. The summed E-state index contributed by atoms with van der Waals surface area (Å²) in [5.74, 6) is 6.84. The fourth-order valence-corrected chi connectivity index (χ4v) is 1.53. The van der Waals surface area contributed by atoms with Gasteiger partial charge >= 0.3 is 0 Å². The Morgan fingerprint density at radius 1 is 1.47 bits per heavy atom. The molecule has 0 bridgehead atoms. The molecule has 0 aliphatic carbocycles. The number of aliphatic hydroxyl groups excluding tert-OH is 1. The first kappa shape index (κ1) is 13.7. The lowest BCUT2D eigenvalue weighted by Gasteiger charge is -2.36. The van der Waals surface area contributed by atoms with Crippen LogP contribution >= 0.6 is 0 Å². The van der Waals surface area contributed by atoms with Crippen molar-refractivity contribution >= 4 is 11.6 Å². The molecule has 1 heterocycles. The maximum Gasteiger partial charge on any atom is 0.148 e. The maximum atomic E-state index is 9.39. The van der Waals surface area contributed by atoms with Crippen LogP contribution in [-0.2, 0) is 6.42 Å². The van der Waals surface area contributed by atoms with E-state index in [9.17, 15) is 5.11 Å². The van der Waals surface area contributed by atoms with Crippen LogP contribution in [0.5, 0.6) is 0 Å². The molecule has 0 unspecified atom stereocenters. The summed E-state index contributed by atoms with van der Waals surface area (Å²) in [5, 5.41) is 9.39. The van der Waals surface area contributed by atoms with Crippen LogP contribution in [0.3, 0.4) is 0 Å². The number of rotatable bonds is 5. The van der Waals surface area contributed by atoms with Crippen LogP contribution in [0.15, 0.2) is 6.33 Å². The summed E-state index contributed by atoms with van der Waals surface area (Å²) < 4.78 is 0. The fraction of sp³-hybridized carbons (Fsp3) is 0.636. The van der Waals surface area contributed by atoms with Crippen molar-refractivity contribution in [2.24, 2.45) is 5.84 Å². The Labute approximate surface area is 102 Å². The molecule has 0 saturated carbocycles. The van der Waals surface area contributed by atoms with Gasteiger partial charge in [-0.3, -0.25) is 0 Å². The van der Waals surface area contributed by atoms with Crippen LogP contribution in [0.1, 0.15) is 26.3 Å². The van der Waals surface area contributed by atoms with E-state index in [2.05, 4.69) is 15.4 Å². The molecule has 0 aliphatic heterocycles. The molecule has 17 heavy (non-hydrogen) atoms. The Bertz CT molecular complexity index is 380. The second-order valence-corrected chi connectivity index (χ2v) is 4.55. The van der Waals surface area contributed by atoms with Gasteiger partial charge in [-0.2, -0.15) is 0 Å². The molecule has 0 atom stereocenters. The van der Waals surface area contributed by atoms with E-state index in [1.54, 1.807) is 0 Å². The predicted octanol–water partition coefficient (Wildman–Crippen LogP) is 0.532. The van der Waals surface area contributed by atoms with Gasteiger partial charge in [0.25, 0.3) is 0 Å². The van der Waals surface area contributed by atoms with E-state index < -0.39 is 0 Å². The Kier molecular flexibility index (Phi) is 4.25. The van der Waals surface area contributed by atoms with Crippen LogP contribution in [0.2, 0.25) is 0 Å². The van der Waals surface area contributed by atoms with Crippen LogP contribution in [-0.4, -0.2) is 34.3 Å². The van der Waals surface area contributed by atoms with Crippen molar-refractivity contribution in [3.63, 3.8) is 0 Å². The minimum Gasteiger partial charge on any atom is -0.394 e. The zero-order valence-electron chi connectivity index (χ0n) is 10.9. The van der Waals surface area contributed by atoms with Crippen molar-refractivity contribution in [3.8, 4) is 0 Å². The summed E-state index contributed by atoms with van der Waals surface area (Å²) in [5.41, 5.74) is 3.13. The van der Waals surface area contributed by atoms with E-state index in [4.69, 9.17) is 5.84 Å². The third-order valence-electron chi connectivity index (χ3n) is 3.03. The minimum absolute atomic E-state index is 0.0437. The van der Waals surface area contributed by atoms with Crippen molar-refractivity contribution in [2.75, 3.05) is 24.0 Å². The van der Waals surface area contributed by atoms with Gasteiger partial charge in [0.2, 0.25) is 0 Å². The standard InChI is InChI=1S/C11H21N5O/c1-5-8-9(15-12)13-7-14-10(8)16(4)11(2,3)6-17/h7,17H,5-6,12H2,1-4H3,(H,13,14,15). The molecule has 1 aromatic rings. The number of likely N-dealkylation sites (N-methyl/N-ethyl adjacent to an activating group) is 1. The molecule has 0 aromatic carbocycles. The number of hydrogen-bond donors (Lipinski definition) is 3. The zero-order chi connectivity index (χ0) is 13.1. The topological polar surface area (TPSA) is 87.3 Å². The van der Waals surface area contributed by atoms with Crippen molar-refractivity contribution < 1.29 is 5.11 Å². The molecular formula is C11H21N5O. The Balaban J connectivity index is 3.22. The molecule has 0 amide bonds. The number of hydrazine groups is 1. The molecule has 0 spiro atoms. The highest BCUT2D eigenvalue weighted by molar-refractivity contribution is 5.59. The number of nitrogens with zero attached hydrogens (tertiary/aromatic N) is 3. The number of aromatic nitrogens is 2. The van der Waals surface area contributed by atoms with Gasteiger partial charge in [0.1, 0.15) is 18.0 Å². The van der Waals surface area contributed by atoms with Crippen LogP contribution in [0.4, 0.5) is 11.6 Å². The van der Waals surface area contributed by atoms with E-state index in [0.29, 0.717) is 5.82 Å². The average Bonchev–Trinajstić information content (AvgIpc) is 2.36. The lowest BCUT2D eigenvalue weighted by Crippen LogP contribution is -2.45. The highest BCUT2D eigenvalue weighted by atomic mass is 16.3. The SMILES string of the molecule is CCc1c(NN)ncnc1N(C)C(C)(C)CO. The first-order valence-electron chi connectivity index (χ1n) is 5.63. The van der Waals surface area contributed by atoms with Gasteiger partial charge in [0.05, 0.1) is 12.1 Å². The summed E-state index contributed by atoms with van der Waals surface area (Å²) in [6.07, 6.45) is 2.23. The Hall–Kier alpha value is -1.40. The Morgan fingerprint density at radius 3 is 2.59 bits per heavy atom. The lowest BCUT2D eigenvalue weighted by molar-refractivity contribution is 0.215. The molecule has 1 aromatic heterocycles. The second-order valence-electron chi connectivity index (χ2n) is 4.55. The smallest absolute Gasteiger partial charge is 0.148 e. The summed E-state index contributed by atoms with van der Waals surface area (Å²) in [4.78, 5) is 10.3. The Morgan fingerprint density at radius 2 is 2.12 bits per heavy atom. The van der Waals surface area contributed by atoms with Gasteiger partial charge in [0, 0.05) is 12.6 Å². The molecule has 6 nitrogen and oxygen atoms in total. The highest BCUT2D eigenvalue weighted by Gasteiger charge is 2.26. The minimum atomic E-state index is -0.385. The summed E-state index contributed by atoms with van der Waals surface area (Å²) >= 11 is 0. The molecule has 1 rings (SSSR count). The first-order valence-corrected chi connectivity index (χ1v) is 5.63. The number of hydrogen-bond acceptors (Lipinski definition) is 6. The van der Waals surface area contributed by atoms with Gasteiger partial charge in [-0.25, -0.2) is 15.8 Å². The molecule has 0 fully saturated rings. The van der Waals surface area contributed by atoms with Gasteiger partial charge < -0.3 is 15.4 Å². The summed E-state index contributed by atoms with van der Waals surface area (Å²) in [6.45, 7) is 5.96. The van der Waals surface area contributed by atoms with Crippen LogP contribution < -0.4 is 16.2 Å². The molecule has 0 saturated heterocycles. The largest absolute Gasteiger partial charge is 0.394 e. The van der Waals surface area contributed by atoms with E-state index in [-0.39, 0.29) is 12.1 Å². The summed E-state index contributed by atoms with van der Waals surface area (Å²) in [7, 11) is 1.90. The number of anilines is 2. The van der Waals surface area contributed by atoms with Crippen molar-refractivity contribution in [1.82, 2.24) is 9.97 Å². The van der Waals surface area contributed by atoms with Crippen molar-refractivity contribution in [1.29, 1.82) is 0 Å². The number of aliphatic hydroxyl groups is 1. The molecule has 0 aliphatic rings. The average molecular weight is 239 g/mol. The molecular weight excluding hydrogens is 218 g/mol. The third-order valence-corrected chi connectivity index (χ3v) is 3.03. The number of nitrogens with two attached hydrogens (primary N) is 1. The van der Waals surface area contributed by atoms with Gasteiger partial charge in [0.15, 0.2) is 0 Å². The molecule has 6 heteroatoms. The van der Waals surface area contributed by atoms with E-state index in [1.807, 2.05) is 32.7 Å². The van der Waals surface area contributed by atoms with Crippen molar-refractivity contribution in [3.05, 3.63) is 11.9 Å². The van der Waals surface area contributed by atoms with E-state index in [0.717, 1.165) is 17.8 Å². The zero-order valence-corrected chi connectivity index (χ0v) is 10.9. The van der Waals surface area contributed by atoms with E-state index >= 15 is 0 Å². The molecule has 0 radical (unpaired) electrons. The lowest BCUT2D eigenvalue weighted by atomic mass is 10.0. The number of nitrogens with one attached hydrogen (secondary N) is 1. The maximum absolute atomic E-state index is 9.39. The fourth-order valence-electron chi connectivity index (χ4n) is 1.53. The van der Waals surface area contributed by atoms with Crippen LogP contribution in [0.25, 0.3) is 0 Å². The molecule has 96 valence electrons. The quantitative estimate of drug-likeness (QED) is 0.513. The number of nitrogen functional groups attached to an aromatic ring is 1. The summed E-state index contributed by atoms with van der Waals surface area (Å²) in [6, 6.07) is 0. The van der Waals surface area contributed by atoms with E-state index in [1.165, 1.54) is 6.33 Å². The molecule has 4 N–H and O–H groups in total. The van der Waals surface area contributed by atoms with Gasteiger partial charge in [-0.15, -0.1) is 0 Å². The van der Waals surface area contributed by atoms with Crippen LogP contribution in [0, 0.1) is 0 Å². The monoisotopic (exact) mass is 239 g/mol. The van der Waals surface area contributed by atoms with Gasteiger partial charge in [-0.1, -0.05) is 6.92 Å².